The largest absolute Gasteiger partial charge is 0.573 e. The molecular formula is C22H26F3N5O5. The monoisotopic (exact) mass is 497 g/mol. The number of nitro groups is 1. The molecule has 35 heavy (non-hydrogen) atoms. The Morgan fingerprint density at radius 2 is 1.89 bits per heavy atom. The van der Waals surface area contributed by atoms with E-state index in [9.17, 15) is 28.1 Å². The molecule has 13 heteroatoms. The third kappa shape index (κ3) is 6.84. The molecule has 0 radical (unpaired) electrons. The minimum Gasteiger partial charge on any atom is -0.444 e. The summed E-state index contributed by atoms with van der Waals surface area (Å²) in [4.78, 5) is 29.1. The summed E-state index contributed by atoms with van der Waals surface area (Å²) in [6, 6.07) is 5.92. The predicted octanol–water partition coefficient (Wildman–Crippen LogP) is 3.05. The van der Waals surface area contributed by atoms with Crippen LogP contribution in [0.15, 0.2) is 30.5 Å². The van der Waals surface area contributed by atoms with Gasteiger partial charge in [0, 0.05) is 36.7 Å². The Labute approximate surface area is 199 Å². The summed E-state index contributed by atoms with van der Waals surface area (Å²) in [7, 11) is 0. The van der Waals surface area contributed by atoms with E-state index in [0.717, 1.165) is 32.2 Å². The maximum absolute atomic E-state index is 12.4. The lowest BCUT2D eigenvalue weighted by Gasteiger charge is -2.37. The zero-order valence-electron chi connectivity index (χ0n) is 18.9. The molecule has 10 nitrogen and oxygen atoms in total. The van der Waals surface area contributed by atoms with Gasteiger partial charge >= 0.3 is 18.2 Å². The molecule has 190 valence electrons. The molecule has 1 aliphatic heterocycles. The number of carbonyl (C=O) groups is 1. The maximum atomic E-state index is 12.4. The number of halogens is 3. The number of nitrogens with zero attached hydrogens (tertiary/aromatic N) is 4. The first kappa shape index (κ1) is 24.8. The number of amides is 1. The number of ether oxygens (including phenoxy) is 2. The van der Waals surface area contributed by atoms with Crippen molar-refractivity contribution in [2.45, 2.75) is 57.1 Å². The highest BCUT2D eigenvalue weighted by Crippen LogP contribution is 2.26. The molecule has 1 N–H and O–H groups in total. The first-order valence-corrected chi connectivity index (χ1v) is 11.4. The van der Waals surface area contributed by atoms with Crippen LogP contribution in [-0.2, 0) is 17.8 Å². The highest BCUT2D eigenvalue weighted by molar-refractivity contribution is 5.78. The van der Waals surface area contributed by atoms with Gasteiger partial charge < -0.3 is 24.9 Å². The number of alkyl halides is 3. The Kier molecular flexibility index (Phi) is 7.43. The number of hydrogen-bond acceptors (Lipinski definition) is 7. The van der Waals surface area contributed by atoms with Gasteiger partial charge in [-0.2, -0.15) is 0 Å². The van der Waals surface area contributed by atoms with Crippen LogP contribution in [0, 0.1) is 10.1 Å². The van der Waals surface area contributed by atoms with Gasteiger partial charge in [-0.15, -0.1) is 13.2 Å². The van der Waals surface area contributed by atoms with Crippen molar-refractivity contribution in [1.82, 2.24) is 19.8 Å². The molecule has 0 spiro atoms. The smallest absolute Gasteiger partial charge is 0.444 e. The van der Waals surface area contributed by atoms with Crippen molar-refractivity contribution in [3.8, 4) is 11.8 Å². The number of aromatic nitrogens is 2. The zero-order chi connectivity index (χ0) is 25.0. The number of benzene rings is 1. The standard InChI is InChI=1S/C22H26F3N5O5/c23-22(24,25)35-18-7-1-15(2-8-18)13-20(31)26-16-3-5-17(6-4-16)28-9-10-29-14-19(30(32)33)27-21(29)34-12-11-28/h1-2,7-8,14,16-17H,3-6,9-13H2,(H,26,31). The number of carbonyl (C=O) groups excluding carboxylic acids is 1. The van der Waals surface area contributed by atoms with E-state index >= 15 is 0 Å². The van der Waals surface area contributed by atoms with Gasteiger partial charge in [-0.25, -0.2) is 0 Å². The van der Waals surface area contributed by atoms with Gasteiger partial charge in [0.15, 0.2) is 0 Å². The summed E-state index contributed by atoms with van der Waals surface area (Å²) in [5.41, 5.74) is 0.602. The van der Waals surface area contributed by atoms with E-state index < -0.39 is 11.3 Å². The van der Waals surface area contributed by atoms with E-state index in [0.29, 0.717) is 31.3 Å². The first-order valence-electron chi connectivity index (χ1n) is 11.4. The molecule has 0 saturated heterocycles. The Bertz CT molecular complexity index is 1040. The van der Waals surface area contributed by atoms with Crippen LogP contribution >= 0.6 is 0 Å². The average Bonchev–Trinajstić information content (AvgIpc) is 3.17. The second-order valence-corrected chi connectivity index (χ2v) is 8.66. The van der Waals surface area contributed by atoms with Gasteiger partial charge in [0.2, 0.25) is 5.91 Å². The van der Waals surface area contributed by atoms with Gasteiger partial charge in [0.25, 0.3) is 0 Å². The molecule has 2 aromatic rings. The van der Waals surface area contributed by atoms with Gasteiger partial charge in [0.05, 0.1) is 6.42 Å². The normalized spacial score (nSPS) is 21.2. The highest BCUT2D eigenvalue weighted by Gasteiger charge is 2.31. The van der Waals surface area contributed by atoms with Crippen molar-refractivity contribution >= 4 is 11.7 Å². The van der Waals surface area contributed by atoms with Gasteiger partial charge in [-0.1, -0.05) is 12.1 Å². The fourth-order valence-electron chi connectivity index (χ4n) is 4.57. The quantitative estimate of drug-likeness (QED) is 0.482. The van der Waals surface area contributed by atoms with Crippen molar-refractivity contribution in [2.24, 2.45) is 0 Å². The lowest BCUT2D eigenvalue weighted by molar-refractivity contribution is -0.389. The van der Waals surface area contributed by atoms with Gasteiger partial charge in [-0.05, 0) is 48.3 Å². The Morgan fingerprint density at radius 1 is 1.17 bits per heavy atom. The maximum Gasteiger partial charge on any atom is 0.573 e. The van der Waals surface area contributed by atoms with E-state index in [2.05, 4.69) is 19.9 Å². The van der Waals surface area contributed by atoms with Crippen LogP contribution in [0.1, 0.15) is 31.2 Å². The predicted molar refractivity (Wildman–Crippen MR) is 117 cm³/mol. The fourth-order valence-corrected chi connectivity index (χ4v) is 4.57. The van der Waals surface area contributed by atoms with E-state index in [1.54, 1.807) is 4.57 Å². The molecule has 0 unspecified atom stereocenters. The van der Waals surface area contributed by atoms with Crippen molar-refractivity contribution in [3.63, 3.8) is 0 Å². The van der Waals surface area contributed by atoms with E-state index in [1.807, 2.05) is 0 Å². The summed E-state index contributed by atoms with van der Waals surface area (Å²) in [6.07, 6.45) is 0.135. The molecule has 0 atom stereocenters. The van der Waals surface area contributed by atoms with Crippen molar-refractivity contribution in [2.75, 3.05) is 19.7 Å². The van der Waals surface area contributed by atoms with Crippen LogP contribution in [0.4, 0.5) is 19.0 Å². The minimum atomic E-state index is -4.75. The Balaban J connectivity index is 1.22. The van der Waals surface area contributed by atoms with Gasteiger partial charge in [-0.3, -0.25) is 14.3 Å². The number of hydrogen-bond donors (Lipinski definition) is 1. The summed E-state index contributed by atoms with van der Waals surface area (Å²) in [5, 5.41) is 14.0. The van der Waals surface area contributed by atoms with Crippen molar-refractivity contribution in [1.29, 1.82) is 0 Å². The summed E-state index contributed by atoms with van der Waals surface area (Å²) >= 11 is 0. The topological polar surface area (TPSA) is 112 Å². The number of nitrogens with one attached hydrogen (secondary N) is 1. The van der Waals surface area contributed by atoms with Crippen LogP contribution in [0.3, 0.4) is 0 Å². The molecule has 1 aromatic heterocycles. The van der Waals surface area contributed by atoms with E-state index in [1.165, 1.54) is 30.5 Å². The molecule has 1 amide bonds. The number of rotatable bonds is 6. The molecule has 1 saturated carbocycles. The summed E-state index contributed by atoms with van der Waals surface area (Å²) < 4.78 is 47.9. The molecule has 1 aromatic carbocycles. The molecule has 2 aliphatic rings. The van der Waals surface area contributed by atoms with Crippen LogP contribution in [-0.4, -0.2) is 63.4 Å². The second-order valence-electron chi connectivity index (χ2n) is 8.66. The second kappa shape index (κ2) is 10.5. The van der Waals surface area contributed by atoms with Crippen LogP contribution in [0.5, 0.6) is 11.8 Å². The van der Waals surface area contributed by atoms with E-state index in [-0.39, 0.29) is 35.9 Å². The first-order chi connectivity index (χ1) is 16.7. The Morgan fingerprint density at radius 3 is 2.54 bits per heavy atom. The average molecular weight is 497 g/mol. The fraction of sp³-hybridized carbons (Fsp3) is 0.545. The minimum absolute atomic E-state index is 0.0421. The molecule has 1 fully saturated rings. The molecule has 0 bridgehead atoms. The molecule has 1 aliphatic carbocycles. The molecular weight excluding hydrogens is 471 g/mol. The molecule has 2 heterocycles. The summed E-state index contributed by atoms with van der Waals surface area (Å²) in [5.74, 6) is -0.723. The van der Waals surface area contributed by atoms with Crippen LogP contribution in [0.25, 0.3) is 0 Å². The van der Waals surface area contributed by atoms with Crippen LogP contribution in [0.2, 0.25) is 0 Å². The van der Waals surface area contributed by atoms with Crippen LogP contribution < -0.4 is 14.8 Å². The van der Waals surface area contributed by atoms with E-state index in [4.69, 9.17) is 4.74 Å². The lowest BCUT2D eigenvalue weighted by Crippen LogP contribution is -2.46. The molecule has 4 rings (SSSR count). The van der Waals surface area contributed by atoms with Gasteiger partial charge in [0.1, 0.15) is 18.6 Å². The number of fused-ring (bicyclic) bond motifs is 1. The lowest BCUT2D eigenvalue weighted by atomic mass is 9.90. The van der Waals surface area contributed by atoms with Crippen molar-refractivity contribution in [3.05, 3.63) is 46.1 Å². The third-order valence-electron chi connectivity index (χ3n) is 6.25. The highest BCUT2D eigenvalue weighted by atomic mass is 19.4. The zero-order valence-corrected chi connectivity index (χ0v) is 18.9. The number of imidazole rings is 1. The Hall–Kier alpha value is -3.35. The third-order valence-corrected chi connectivity index (χ3v) is 6.25. The van der Waals surface area contributed by atoms with Crippen molar-refractivity contribution < 1.29 is 32.4 Å². The summed E-state index contributed by atoms with van der Waals surface area (Å²) in [6.45, 7) is 2.34. The SMILES string of the molecule is O=C(Cc1ccc(OC(F)(F)F)cc1)NC1CCC(N2CCOc3nc([N+](=O)[O-])cn3CC2)CC1.